The number of nitrogens with zero attached hydrogens (tertiary/aromatic N) is 4. The molecule has 1 N–H and O–H groups in total. The number of thiazole rings is 1. The highest BCUT2D eigenvalue weighted by Gasteiger charge is 2.30. The second-order valence-corrected chi connectivity index (χ2v) is 7.76. The van der Waals surface area contributed by atoms with Crippen LogP contribution in [0.4, 0.5) is 11.6 Å². The van der Waals surface area contributed by atoms with E-state index in [2.05, 4.69) is 10.3 Å². The highest BCUT2D eigenvalue weighted by Crippen LogP contribution is 2.32. The monoisotopic (exact) mass is 399 g/mol. The molecule has 1 amide bonds. The van der Waals surface area contributed by atoms with Crippen LogP contribution in [-0.2, 0) is 11.2 Å². The molecule has 0 aliphatic carbocycles. The minimum Gasteiger partial charge on any atom is -0.358 e. The number of benzene rings is 1. The fourth-order valence-electron chi connectivity index (χ4n) is 3.58. The van der Waals surface area contributed by atoms with Gasteiger partial charge in [-0.05, 0) is 29.7 Å². The van der Waals surface area contributed by atoms with Gasteiger partial charge in [-0.1, -0.05) is 41.7 Å². The number of nitro groups is 1. The number of aromatic nitrogens is 2. The molecule has 1 aliphatic rings. The molecule has 2 aromatic heterocycles. The molecule has 0 unspecified atom stereocenters. The Balaban J connectivity index is 1.32. The molecule has 0 atom stereocenters. The summed E-state index contributed by atoms with van der Waals surface area (Å²) in [6, 6.07) is 10.1. The molecule has 146 valence electrons. The first-order valence-electron chi connectivity index (χ1n) is 9.30. The normalized spacial score (nSPS) is 15.1. The molecule has 1 saturated heterocycles. The fraction of sp³-hybridized carbons (Fsp3) is 0.368. The minimum absolute atomic E-state index is 0.0154. The molecule has 1 fully saturated rings. The predicted octanol–water partition coefficient (Wildman–Crippen LogP) is 3.02. The Bertz CT molecular complexity index is 976. The molecule has 0 saturated carbocycles. The molecular formula is C19H21N5O3S. The largest absolute Gasteiger partial charge is 0.373 e. The van der Waals surface area contributed by atoms with Crippen LogP contribution in [0.15, 0.2) is 41.9 Å². The van der Waals surface area contributed by atoms with Crippen LogP contribution in [0.2, 0.25) is 0 Å². The first kappa shape index (κ1) is 18.4. The number of carbonyl (C=O) groups excluding carboxylic acids is 1. The van der Waals surface area contributed by atoms with Gasteiger partial charge in [0.15, 0.2) is 0 Å². The summed E-state index contributed by atoms with van der Waals surface area (Å²) in [5.41, 5.74) is 1.15. The molecular weight excluding hydrogens is 378 g/mol. The highest BCUT2D eigenvalue weighted by atomic mass is 32.1. The average molecular weight is 399 g/mol. The van der Waals surface area contributed by atoms with E-state index in [1.54, 1.807) is 11.6 Å². The Morgan fingerprint density at radius 3 is 2.75 bits per heavy atom. The van der Waals surface area contributed by atoms with E-state index in [-0.39, 0.29) is 22.7 Å². The van der Waals surface area contributed by atoms with Crippen molar-refractivity contribution in [1.29, 1.82) is 0 Å². The summed E-state index contributed by atoms with van der Waals surface area (Å²) in [5.74, 6) is 0.489. The summed E-state index contributed by atoms with van der Waals surface area (Å²) >= 11 is 1.38. The molecule has 28 heavy (non-hydrogen) atoms. The second-order valence-electron chi connectivity index (χ2n) is 6.89. The fourth-order valence-corrected chi connectivity index (χ4v) is 4.29. The van der Waals surface area contributed by atoms with Gasteiger partial charge < -0.3 is 20.3 Å². The number of nitrogens with one attached hydrogen (secondary N) is 1. The van der Waals surface area contributed by atoms with Crippen molar-refractivity contribution in [1.82, 2.24) is 14.7 Å². The highest BCUT2D eigenvalue weighted by molar-refractivity contribution is 7.15. The number of fused-ring (bicyclic) bond motifs is 1. The summed E-state index contributed by atoms with van der Waals surface area (Å²) in [4.78, 5) is 30.4. The summed E-state index contributed by atoms with van der Waals surface area (Å²) in [6.07, 6.45) is 4.36. The lowest BCUT2D eigenvalue weighted by molar-refractivity contribution is -0.389. The van der Waals surface area contributed by atoms with Gasteiger partial charge in [0.05, 0.1) is 0 Å². The van der Waals surface area contributed by atoms with Gasteiger partial charge in [0.25, 0.3) is 4.96 Å². The lowest BCUT2D eigenvalue weighted by atomic mass is 10.0. The molecule has 1 aromatic carbocycles. The van der Waals surface area contributed by atoms with Gasteiger partial charge in [0.2, 0.25) is 11.7 Å². The van der Waals surface area contributed by atoms with Crippen LogP contribution in [0.1, 0.15) is 24.8 Å². The quantitative estimate of drug-likeness (QED) is 0.508. The number of anilines is 1. The Morgan fingerprint density at radius 2 is 2.04 bits per heavy atom. The van der Waals surface area contributed by atoms with Crippen molar-refractivity contribution in [2.75, 3.05) is 18.0 Å². The van der Waals surface area contributed by atoms with Gasteiger partial charge in [-0.15, -0.1) is 0 Å². The van der Waals surface area contributed by atoms with Crippen molar-refractivity contribution in [2.24, 2.45) is 0 Å². The molecule has 3 heterocycles. The molecule has 8 nitrogen and oxygen atoms in total. The molecule has 4 rings (SSSR count). The van der Waals surface area contributed by atoms with Crippen molar-refractivity contribution < 1.29 is 9.72 Å². The second kappa shape index (κ2) is 7.97. The maximum absolute atomic E-state index is 12.2. The van der Waals surface area contributed by atoms with E-state index >= 15 is 0 Å². The van der Waals surface area contributed by atoms with Crippen molar-refractivity contribution in [3.8, 4) is 0 Å². The van der Waals surface area contributed by atoms with Crippen LogP contribution in [0.3, 0.4) is 0 Å². The number of piperidine rings is 1. The van der Waals surface area contributed by atoms with E-state index in [9.17, 15) is 14.9 Å². The molecule has 0 spiro atoms. The third-order valence-electron chi connectivity index (χ3n) is 5.04. The zero-order valence-corrected chi connectivity index (χ0v) is 16.1. The number of aryl methyl sites for hydroxylation is 1. The number of hydrogen-bond donors (Lipinski definition) is 1. The van der Waals surface area contributed by atoms with Gasteiger partial charge in [-0.2, -0.15) is 9.38 Å². The van der Waals surface area contributed by atoms with E-state index in [4.69, 9.17) is 0 Å². The maximum atomic E-state index is 12.2. The summed E-state index contributed by atoms with van der Waals surface area (Å²) in [7, 11) is 0. The zero-order valence-electron chi connectivity index (χ0n) is 15.3. The lowest BCUT2D eigenvalue weighted by Gasteiger charge is -2.32. The molecule has 3 aromatic rings. The first-order chi connectivity index (χ1) is 13.6. The van der Waals surface area contributed by atoms with Crippen LogP contribution in [-0.4, -0.2) is 39.3 Å². The molecule has 9 heteroatoms. The Hall–Kier alpha value is -2.94. The molecule has 1 aliphatic heterocycles. The van der Waals surface area contributed by atoms with Crippen molar-refractivity contribution in [3.05, 3.63) is 57.6 Å². The number of rotatable bonds is 6. The van der Waals surface area contributed by atoms with Gasteiger partial charge in [0.1, 0.15) is 6.20 Å². The summed E-state index contributed by atoms with van der Waals surface area (Å²) in [6.45, 7) is 1.27. The first-order valence-corrected chi connectivity index (χ1v) is 10.2. The van der Waals surface area contributed by atoms with Crippen LogP contribution in [0.25, 0.3) is 4.96 Å². The predicted molar refractivity (Wildman–Crippen MR) is 108 cm³/mol. The zero-order chi connectivity index (χ0) is 19.5. The van der Waals surface area contributed by atoms with E-state index in [1.165, 1.54) is 15.7 Å². The Morgan fingerprint density at radius 1 is 1.29 bits per heavy atom. The lowest BCUT2D eigenvalue weighted by Crippen LogP contribution is -2.45. The molecule has 0 radical (unpaired) electrons. The molecule has 0 bridgehead atoms. The average Bonchev–Trinajstić information content (AvgIpc) is 3.29. The van der Waals surface area contributed by atoms with Crippen LogP contribution >= 0.6 is 11.3 Å². The van der Waals surface area contributed by atoms with Gasteiger partial charge in [-0.3, -0.25) is 4.79 Å². The van der Waals surface area contributed by atoms with Gasteiger partial charge in [0, 0.05) is 30.9 Å². The number of imidazole rings is 1. The topological polar surface area (TPSA) is 92.8 Å². The van der Waals surface area contributed by atoms with Crippen molar-refractivity contribution in [3.63, 3.8) is 0 Å². The van der Waals surface area contributed by atoms with E-state index in [0.29, 0.717) is 30.3 Å². The van der Waals surface area contributed by atoms with E-state index < -0.39 is 0 Å². The van der Waals surface area contributed by atoms with Crippen molar-refractivity contribution >= 4 is 33.8 Å². The SMILES string of the molecule is O=C(CCc1ccccc1)NC1CCN(c2nc3sccn3c2[N+](=O)[O-])CC1. The van der Waals surface area contributed by atoms with E-state index in [0.717, 1.165) is 24.8 Å². The standard InChI is InChI=1S/C19H21N5O3S/c25-16(7-6-14-4-2-1-3-5-14)20-15-8-10-22(11-9-15)17-18(24(26)27)23-12-13-28-19(23)21-17/h1-5,12-13,15H,6-11H2,(H,20,25). The number of hydrogen-bond acceptors (Lipinski definition) is 6. The Kier molecular flexibility index (Phi) is 5.25. The van der Waals surface area contributed by atoms with Gasteiger partial charge >= 0.3 is 5.82 Å². The van der Waals surface area contributed by atoms with E-state index in [1.807, 2.05) is 35.2 Å². The minimum atomic E-state index is -0.375. The summed E-state index contributed by atoms with van der Waals surface area (Å²) in [5, 5.41) is 16.4. The smallest absolute Gasteiger partial charge is 0.358 e. The van der Waals surface area contributed by atoms with Crippen LogP contribution in [0.5, 0.6) is 0 Å². The number of carbonyl (C=O) groups is 1. The number of amides is 1. The van der Waals surface area contributed by atoms with Crippen LogP contribution < -0.4 is 10.2 Å². The third kappa shape index (κ3) is 3.84. The van der Waals surface area contributed by atoms with Crippen LogP contribution in [0, 0.1) is 10.1 Å². The maximum Gasteiger partial charge on any atom is 0.373 e. The van der Waals surface area contributed by atoms with Gasteiger partial charge in [-0.25, -0.2) is 0 Å². The Labute approximate surface area is 166 Å². The van der Waals surface area contributed by atoms with Crippen molar-refractivity contribution in [2.45, 2.75) is 31.7 Å². The summed E-state index contributed by atoms with van der Waals surface area (Å²) < 4.78 is 1.53. The third-order valence-corrected chi connectivity index (χ3v) is 5.79.